The minimum Gasteiger partial charge on any atom is -0.393 e. The number of nitrogens with zero attached hydrogens (tertiary/aromatic N) is 3. The molecule has 0 aliphatic carbocycles. The number of aliphatic hydroxyl groups excluding tert-OH is 1. The number of aliphatic hydroxyl groups is 1. The predicted octanol–water partition coefficient (Wildman–Crippen LogP) is 0.0169. The van der Waals surface area contributed by atoms with Gasteiger partial charge in [0.25, 0.3) is 10.0 Å². The first kappa shape index (κ1) is 14.6. The normalized spacial score (nSPS) is 13.9. The molecule has 0 aliphatic heterocycles. The van der Waals surface area contributed by atoms with Crippen LogP contribution in [0.5, 0.6) is 0 Å². The molecule has 7 nitrogen and oxygen atoms in total. The second-order valence-corrected chi connectivity index (χ2v) is 6.13. The summed E-state index contributed by atoms with van der Waals surface area (Å²) in [6.45, 7) is 1.93. The summed E-state index contributed by atoms with van der Waals surface area (Å²) in [4.78, 5) is 0. The van der Waals surface area contributed by atoms with E-state index in [2.05, 4.69) is 31.0 Å². The van der Waals surface area contributed by atoms with Crippen LogP contribution in [-0.4, -0.2) is 41.2 Å². The second-order valence-electron chi connectivity index (χ2n) is 3.70. The zero-order chi connectivity index (χ0) is 13.1. The summed E-state index contributed by atoms with van der Waals surface area (Å²) in [5.74, 6) is 0. The molecule has 1 unspecified atom stereocenters. The largest absolute Gasteiger partial charge is 0.393 e. The molecule has 1 aromatic rings. The summed E-state index contributed by atoms with van der Waals surface area (Å²) in [5, 5.41) is 16.2. The third-order valence-corrected chi connectivity index (χ3v) is 4.43. The van der Waals surface area contributed by atoms with E-state index in [0.717, 1.165) is 0 Å². The van der Waals surface area contributed by atoms with Gasteiger partial charge in [0, 0.05) is 13.6 Å². The number of sulfonamides is 1. The van der Waals surface area contributed by atoms with Gasteiger partial charge in [0.2, 0.25) is 5.03 Å². The number of halogens is 1. The van der Waals surface area contributed by atoms with E-state index >= 15 is 0 Å². The molecular weight excluding hydrogens is 312 g/mol. The molecule has 0 amide bonds. The summed E-state index contributed by atoms with van der Waals surface area (Å²) in [7, 11) is -2.11. The highest BCUT2D eigenvalue weighted by atomic mass is 79.9. The Kier molecular flexibility index (Phi) is 5.04. The molecule has 0 fully saturated rings. The average molecular weight is 327 g/mol. The van der Waals surface area contributed by atoms with E-state index in [9.17, 15) is 8.42 Å². The molecule has 1 atom stereocenters. The third kappa shape index (κ3) is 4.02. The molecule has 17 heavy (non-hydrogen) atoms. The van der Waals surface area contributed by atoms with Crippen molar-refractivity contribution in [1.29, 1.82) is 0 Å². The summed E-state index contributed by atoms with van der Waals surface area (Å²) in [5.41, 5.74) is 0. The van der Waals surface area contributed by atoms with Crippen LogP contribution in [0.1, 0.15) is 19.8 Å². The van der Waals surface area contributed by atoms with Crippen molar-refractivity contribution in [2.24, 2.45) is 7.05 Å². The van der Waals surface area contributed by atoms with Crippen molar-refractivity contribution in [2.75, 3.05) is 6.54 Å². The Morgan fingerprint density at radius 1 is 1.59 bits per heavy atom. The molecular formula is C8H15BrN4O3S. The quantitative estimate of drug-likeness (QED) is 0.718. The molecule has 0 aromatic carbocycles. The maximum Gasteiger partial charge on any atom is 0.260 e. The van der Waals surface area contributed by atoms with Crippen molar-refractivity contribution in [3.63, 3.8) is 0 Å². The molecule has 1 rings (SSSR count). The first-order chi connectivity index (χ1) is 7.84. The van der Waals surface area contributed by atoms with E-state index in [0.29, 0.717) is 12.8 Å². The molecule has 0 radical (unpaired) electrons. The smallest absolute Gasteiger partial charge is 0.260 e. The Labute approximate surface area is 108 Å². The Balaban J connectivity index is 2.64. The summed E-state index contributed by atoms with van der Waals surface area (Å²) < 4.78 is 27.5. The van der Waals surface area contributed by atoms with Crippen LogP contribution in [0.4, 0.5) is 0 Å². The molecule has 0 aliphatic rings. The maximum absolute atomic E-state index is 11.9. The highest BCUT2D eigenvalue weighted by molar-refractivity contribution is 9.10. The number of hydrogen-bond donors (Lipinski definition) is 2. The standard InChI is InChI=1S/C8H15BrN4O3S/c1-6(14)4-3-5-10-17(15,16)8-7(9)11-12-13(8)2/h6,10,14H,3-5H2,1-2H3. The monoisotopic (exact) mass is 326 g/mol. The molecule has 0 bridgehead atoms. The summed E-state index contributed by atoms with van der Waals surface area (Å²) >= 11 is 3.03. The Morgan fingerprint density at radius 2 is 2.24 bits per heavy atom. The zero-order valence-corrected chi connectivity index (χ0v) is 12.0. The van der Waals surface area contributed by atoms with Gasteiger partial charge in [-0.05, 0) is 35.7 Å². The van der Waals surface area contributed by atoms with Crippen LogP contribution >= 0.6 is 15.9 Å². The number of nitrogens with one attached hydrogen (secondary N) is 1. The van der Waals surface area contributed by atoms with E-state index < -0.39 is 16.1 Å². The topological polar surface area (TPSA) is 97.1 Å². The Bertz CT molecular complexity index is 452. The van der Waals surface area contributed by atoms with Gasteiger partial charge in [-0.1, -0.05) is 5.21 Å². The van der Waals surface area contributed by atoms with Crippen molar-refractivity contribution >= 4 is 26.0 Å². The molecule has 0 saturated heterocycles. The number of aromatic nitrogens is 3. The average Bonchev–Trinajstić information content (AvgIpc) is 2.53. The van der Waals surface area contributed by atoms with Gasteiger partial charge in [-0.25, -0.2) is 17.8 Å². The highest BCUT2D eigenvalue weighted by Gasteiger charge is 2.23. The van der Waals surface area contributed by atoms with Crippen LogP contribution < -0.4 is 4.72 Å². The van der Waals surface area contributed by atoms with Crippen LogP contribution in [-0.2, 0) is 17.1 Å². The molecule has 1 aromatic heterocycles. The van der Waals surface area contributed by atoms with Crippen molar-refractivity contribution in [3.8, 4) is 0 Å². The lowest BCUT2D eigenvalue weighted by atomic mass is 10.2. The van der Waals surface area contributed by atoms with Crippen LogP contribution in [0.3, 0.4) is 0 Å². The fourth-order valence-corrected chi connectivity index (χ4v) is 3.44. The molecule has 0 spiro atoms. The number of aryl methyl sites for hydroxylation is 1. The maximum atomic E-state index is 11.9. The highest BCUT2D eigenvalue weighted by Crippen LogP contribution is 2.17. The first-order valence-corrected chi connectivity index (χ1v) is 7.35. The van der Waals surface area contributed by atoms with Gasteiger partial charge in [-0.15, -0.1) is 5.10 Å². The van der Waals surface area contributed by atoms with Gasteiger partial charge >= 0.3 is 0 Å². The lowest BCUT2D eigenvalue weighted by molar-refractivity contribution is 0.182. The van der Waals surface area contributed by atoms with Crippen LogP contribution in [0.25, 0.3) is 0 Å². The van der Waals surface area contributed by atoms with Crippen LogP contribution in [0, 0.1) is 0 Å². The fraction of sp³-hybridized carbons (Fsp3) is 0.750. The van der Waals surface area contributed by atoms with Gasteiger partial charge in [-0.2, -0.15) is 0 Å². The molecule has 2 N–H and O–H groups in total. The fourth-order valence-electron chi connectivity index (χ4n) is 1.28. The number of hydrogen-bond acceptors (Lipinski definition) is 5. The van der Waals surface area contributed by atoms with Gasteiger partial charge < -0.3 is 5.11 Å². The molecule has 0 saturated carbocycles. The van der Waals surface area contributed by atoms with Gasteiger partial charge in [-0.3, -0.25) is 0 Å². The first-order valence-electron chi connectivity index (χ1n) is 5.07. The molecule has 98 valence electrons. The van der Waals surface area contributed by atoms with Crippen molar-refractivity contribution in [3.05, 3.63) is 4.60 Å². The minimum absolute atomic E-state index is 0.00505. The lowest BCUT2D eigenvalue weighted by Gasteiger charge is -2.07. The van der Waals surface area contributed by atoms with Crippen LogP contribution in [0.15, 0.2) is 9.63 Å². The van der Waals surface area contributed by atoms with E-state index in [1.807, 2.05) is 0 Å². The zero-order valence-electron chi connectivity index (χ0n) is 9.59. The van der Waals surface area contributed by atoms with E-state index in [4.69, 9.17) is 5.11 Å². The Morgan fingerprint density at radius 3 is 2.71 bits per heavy atom. The van der Waals surface area contributed by atoms with Gasteiger partial charge in [0.05, 0.1) is 6.10 Å². The molecule has 9 heteroatoms. The number of rotatable bonds is 6. The van der Waals surface area contributed by atoms with E-state index in [1.165, 1.54) is 11.7 Å². The van der Waals surface area contributed by atoms with Gasteiger partial charge in [0.1, 0.15) is 0 Å². The second kappa shape index (κ2) is 5.89. The summed E-state index contributed by atoms with van der Waals surface area (Å²) in [6, 6.07) is 0. The third-order valence-electron chi connectivity index (χ3n) is 2.08. The summed E-state index contributed by atoms with van der Waals surface area (Å²) in [6.07, 6.45) is 0.692. The van der Waals surface area contributed by atoms with Crippen molar-refractivity contribution < 1.29 is 13.5 Å². The predicted molar refractivity (Wildman–Crippen MR) is 64.8 cm³/mol. The lowest BCUT2D eigenvalue weighted by Crippen LogP contribution is -2.27. The van der Waals surface area contributed by atoms with Crippen LogP contribution in [0.2, 0.25) is 0 Å². The Hall–Kier alpha value is -0.510. The SMILES string of the molecule is CC(O)CCCNS(=O)(=O)c1c(Br)nnn1C. The molecule has 1 heterocycles. The van der Waals surface area contributed by atoms with E-state index in [1.54, 1.807) is 6.92 Å². The minimum atomic E-state index is -3.62. The van der Waals surface area contributed by atoms with E-state index in [-0.39, 0.29) is 16.2 Å². The van der Waals surface area contributed by atoms with Crippen molar-refractivity contribution in [1.82, 2.24) is 19.7 Å². The van der Waals surface area contributed by atoms with Gasteiger partial charge in [0.15, 0.2) is 4.60 Å². The van der Waals surface area contributed by atoms with Crippen molar-refractivity contribution in [2.45, 2.75) is 30.9 Å².